The molecule has 0 aliphatic heterocycles. The molecule has 1 rings (SSSR count). The number of ether oxygens (including phenoxy) is 1. The smallest absolute Gasteiger partial charge is 0.119 e. The quantitative estimate of drug-likeness (QED) is 0.664. The summed E-state index contributed by atoms with van der Waals surface area (Å²) in [4.78, 5) is 0. The molecule has 0 unspecified atom stereocenters. The normalized spacial score (nSPS) is 9.73. The minimum atomic E-state index is 0.559. The van der Waals surface area contributed by atoms with Crippen LogP contribution >= 0.6 is 0 Å². The third-order valence-corrected chi connectivity index (χ3v) is 2.85. The van der Waals surface area contributed by atoms with Gasteiger partial charge in [0.15, 0.2) is 0 Å². The maximum Gasteiger partial charge on any atom is 0.119 e. The molecule has 1 N–H and O–H groups in total. The predicted octanol–water partition coefficient (Wildman–Crippen LogP) is 5.70. The highest BCUT2D eigenvalue weighted by Crippen LogP contribution is 2.13. The van der Waals surface area contributed by atoms with Crippen LogP contribution in [0, 0.1) is 5.92 Å². The van der Waals surface area contributed by atoms with Crippen LogP contribution in [0.4, 0.5) is 0 Å². The molecule has 0 amide bonds. The van der Waals surface area contributed by atoms with Gasteiger partial charge in [-0.3, -0.25) is 0 Å². The third-order valence-electron chi connectivity index (χ3n) is 2.85. The van der Waals surface area contributed by atoms with E-state index in [0.717, 1.165) is 31.7 Å². The van der Waals surface area contributed by atoms with E-state index in [1.165, 1.54) is 5.56 Å². The molecule has 0 aliphatic rings. The van der Waals surface area contributed by atoms with Gasteiger partial charge >= 0.3 is 0 Å². The van der Waals surface area contributed by atoms with Crippen molar-refractivity contribution in [1.29, 1.82) is 0 Å². The van der Waals surface area contributed by atoms with Crippen molar-refractivity contribution in [2.45, 2.75) is 74.3 Å². The SMILES string of the molecule is CC.CC.CC(C)CCOc1ccc(CCNC(C)C)cc1. The zero-order valence-corrected chi connectivity index (χ0v) is 16.2. The minimum Gasteiger partial charge on any atom is -0.494 e. The summed E-state index contributed by atoms with van der Waals surface area (Å²) in [5, 5.41) is 3.42. The first kappa shape index (κ1) is 23.2. The second-order valence-electron chi connectivity index (χ2n) is 5.53. The van der Waals surface area contributed by atoms with Crippen LogP contribution in [0.15, 0.2) is 24.3 Å². The standard InChI is InChI=1S/C16H27NO.2C2H6/c1-13(2)10-12-18-16-7-5-15(6-8-16)9-11-17-14(3)4;2*1-2/h5-8,13-14,17H,9-12H2,1-4H3;2*1-2H3. The van der Waals surface area contributed by atoms with E-state index in [1.807, 2.05) is 27.7 Å². The minimum absolute atomic E-state index is 0.559. The van der Waals surface area contributed by atoms with Crippen LogP contribution in [-0.4, -0.2) is 19.2 Å². The highest BCUT2D eigenvalue weighted by molar-refractivity contribution is 5.27. The lowest BCUT2D eigenvalue weighted by atomic mass is 10.1. The van der Waals surface area contributed by atoms with Crippen molar-refractivity contribution in [3.05, 3.63) is 29.8 Å². The van der Waals surface area contributed by atoms with Crippen molar-refractivity contribution in [1.82, 2.24) is 5.32 Å². The Labute approximate surface area is 139 Å². The Morgan fingerprint density at radius 3 is 1.91 bits per heavy atom. The summed E-state index contributed by atoms with van der Waals surface area (Å²) in [7, 11) is 0. The monoisotopic (exact) mass is 309 g/mol. The van der Waals surface area contributed by atoms with Crippen LogP contribution in [0.5, 0.6) is 5.75 Å². The van der Waals surface area contributed by atoms with Crippen LogP contribution < -0.4 is 10.1 Å². The Bertz CT molecular complexity index is 284. The Kier molecular flexibility index (Phi) is 17.3. The first-order valence-electron chi connectivity index (χ1n) is 9.03. The molecule has 0 saturated carbocycles. The number of benzene rings is 1. The molecule has 0 bridgehead atoms. The van der Waals surface area contributed by atoms with Gasteiger partial charge in [0.1, 0.15) is 5.75 Å². The van der Waals surface area contributed by atoms with Crippen LogP contribution in [-0.2, 0) is 6.42 Å². The molecular weight excluding hydrogens is 270 g/mol. The van der Waals surface area contributed by atoms with E-state index in [4.69, 9.17) is 4.74 Å². The van der Waals surface area contributed by atoms with Gasteiger partial charge in [-0.1, -0.05) is 67.5 Å². The fourth-order valence-corrected chi connectivity index (χ4v) is 1.67. The van der Waals surface area contributed by atoms with Crippen molar-refractivity contribution in [3.63, 3.8) is 0 Å². The largest absolute Gasteiger partial charge is 0.494 e. The highest BCUT2D eigenvalue weighted by atomic mass is 16.5. The van der Waals surface area contributed by atoms with Gasteiger partial charge in [0.25, 0.3) is 0 Å². The van der Waals surface area contributed by atoms with Crippen LogP contribution in [0.3, 0.4) is 0 Å². The number of hydrogen-bond acceptors (Lipinski definition) is 2. The van der Waals surface area contributed by atoms with Crippen LogP contribution in [0.1, 0.15) is 67.4 Å². The highest BCUT2D eigenvalue weighted by Gasteiger charge is 1.98. The van der Waals surface area contributed by atoms with Crippen molar-refractivity contribution in [3.8, 4) is 5.75 Å². The van der Waals surface area contributed by atoms with Gasteiger partial charge in [0.05, 0.1) is 6.61 Å². The zero-order chi connectivity index (χ0) is 17.4. The lowest BCUT2D eigenvalue weighted by molar-refractivity contribution is 0.289. The van der Waals surface area contributed by atoms with Crippen molar-refractivity contribution in [2.75, 3.05) is 13.2 Å². The van der Waals surface area contributed by atoms with Crippen molar-refractivity contribution < 1.29 is 4.74 Å². The maximum atomic E-state index is 5.70. The van der Waals surface area contributed by atoms with Gasteiger partial charge in [-0.15, -0.1) is 0 Å². The van der Waals surface area contributed by atoms with Gasteiger partial charge in [0.2, 0.25) is 0 Å². The van der Waals surface area contributed by atoms with Gasteiger partial charge in [-0.2, -0.15) is 0 Å². The lowest BCUT2D eigenvalue weighted by Crippen LogP contribution is -2.24. The number of hydrogen-bond donors (Lipinski definition) is 1. The second kappa shape index (κ2) is 16.4. The molecular formula is C20H39NO. The molecule has 22 heavy (non-hydrogen) atoms. The molecule has 0 radical (unpaired) electrons. The summed E-state index contributed by atoms with van der Waals surface area (Å²) in [5.41, 5.74) is 1.36. The van der Waals surface area contributed by atoms with E-state index in [9.17, 15) is 0 Å². The molecule has 130 valence electrons. The fraction of sp³-hybridized carbons (Fsp3) is 0.700. The number of rotatable bonds is 8. The molecule has 0 saturated heterocycles. The lowest BCUT2D eigenvalue weighted by Gasteiger charge is -2.10. The summed E-state index contributed by atoms with van der Waals surface area (Å²) in [6.45, 7) is 18.6. The molecule has 0 atom stereocenters. The van der Waals surface area contributed by atoms with Gasteiger partial charge in [0, 0.05) is 6.04 Å². The number of nitrogens with one attached hydrogen (secondary N) is 1. The summed E-state index contributed by atoms with van der Waals surface area (Å²) in [5.74, 6) is 1.68. The van der Waals surface area contributed by atoms with Gasteiger partial charge in [-0.05, 0) is 43.0 Å². The maximum absolute atomic E-state index is 5.70. The third kappa shape index (κ3) is 13.9. The molecule has 0 heterocycles. The zero-order valence-electron chi connectivity index (χ0n) is 16.2. The Morgan fingerprint density at radius 2 is 1.45 bits per heavy atom. The van der Waals surface area contributed by atoms with E-state index in [-0.39, 0.29) is 0 Å². The van der Waals surface area contributed by atoms with E-state index in [2.05, 4.69) is 57.3 Å². The molecule has 2 nitrogen and oxygen atoms in total. The first-order chi connectivity index (χ1) is 10.6. The molecule has 1 aromatic carbocycles. The molecule has 0 aromatic heterocycles. The summed E-state index contributed by atoms with van der Waals surface area (Å²) in [6.07, 6.45) is 2.19. The average molecular weight is 310 g/mol. The van der Waals surface area contributed by atoms with Crippen LogP contribution in [0.25, 0.3) is 0 Å². The molecule has 0 fully saturated rings. The van der Waals surface area contributed by atoms with E-state index >= 15 is 0 Å². The molecule has 0 aliphatic carbocycles. The Morgan fingerprint density at radius 1 is 0.909 bits per heavy atom. The average Bonchev–Trinajstić information content (AvgIpc) is 2.52. The van der Waals surface area contributed by atoms with E-state index in [1.54, 1.807) is 0 Å². The van der Waals surface area contributed by atoms with E-state index < -0.39 is 0 Å². The molecule has 1 aromatic rings. The van der Waals surface area contributed by atoms with Crippen LogP contribution in [0.2, 0.25) is 0 Å². The summed E-state index contributed by atoms with van der Waals surface area (Å²) >= 11 is 0. The Hall–Kier alpha value is -1.02. The van der Waals surface area contributed by atoms with Gasteiger partial charge in [-0.25, -0.2) is 0 Å². The predicted molar refractivity (Wildman–Crippen MR) is 101 cm³/mol. The molecule has 0 spiro atoms. The Balaban J connectivity index is 0. The van der Waals surface area contributed by atoms with Crippen molar-refractivity contribution in [2.24, 2.45) is 5.92 Å². The molecule has 2 heteroatoms. The second-order valence-corrected chi connectivity index (χ2v) is 5.53. The summed E-state index contributed by atoms with van der Waals surface area (Å²) in [6, 6.07) is 9.03. The summed E-state index contributed by atoms with van der Waals surface area (Å²) < 4.78 is 5.70. The fourth-order valence-electron chi connectivity index (χ4n) is 1.67. The first-order valence-corrected chi connectivity index (χ1v) is 9.03. The van der Waals surface area contributed by atoms with Gasteiger partial charge < -0.3 is 10.1 Å². The topological polar surface area (TPSA) is 21.3 Å². The van der Waals surface area contributed by atoms with Crippen molar-refractivity contribution >= 4 is 0 Å². The van der Waals surface area contributed by atoms with E-state index in [0.29, 0.717) is 12.0 Å².